The quantitative estimate of drug-likeness (QED) is 0.734. The van der Waals surface area contributed by atoms with Crippen molar-refractivity contribution in [2.24, 2.45) is 11.7 Å². The number of amides is 1. The first kappa shape index (κ1) is 15.1. The molecule has 0 aliphatic rings. The molecule has 1 rings (SSSR count). The minimum atomic E-state index is -1.29. The number of nitrogens with two attached hydrogens (primary N) is 1. The average molecular weight is 268 g/mol. The highest BCUT2D eigenvalue weighted by Gasteiger charge is 2.15. The van der Waals surface area contributed by atoms with Crippen LogP contribution in [0.1, 0.15) is 30.1 Å². The van der Waals surface area contributed by atoms with Gasteiger partial charge in [0.15, 0.2) is 0 Å². The zero-order valence-electron chi connectivity index (χ0n) is 10.6. The van der Waals surface area contributed by atoms with Crippen molar-refractivity contribution in [3.8, 4) is 0 Å². The third-order valence-electron chi connectivity index (χ3n) is 2.87. The fourth-order valence-corrected chi connectivity index (χ4v) is 1.66. The Kier molecular flexibility index (Phi) is 5.44. The molecule has 0 spiro atoms. The number of hydrogen-bond acceptors (Lipinski definition) is 3. The van der Waals surface area contributed by atoms with Crippen molar-refractivity contribution >= 4 is 17.6 Å². The van der Waals surface area contributed by atoms with Crippen molar-refractivity contribution in [3.63, 3.8) is 0 Å². The van der Waals surface area contributed by atoms with Crippen LogP contribution in [0.4, 0.5) is 10.1 Å². The molecular formula is C13H17FN2O3. The van der Waals surface area contributed by atoms with Gasteiger partial charge in [0.2, 0.25) is 5.91 Å². The van der Waals surface area contributed by atoms with Gasteiger partial charge in [-0.05, 0) is 30.7 Å². The lowest BCUT2D eigenvalue weighted by atomic mass is 10.0. The molecule has 0 aromatic heterocycles. The fraction of sp³-hybridized carbons (Fsp3) is 0.385. The number of carbonyl (C=O) groups is 2. The van der Waals surface area contributed by atoms with E-state index < -0.39 is 11.8 Å². The Hall–Kier alpha value is -1.95. The summed E-state index contributed by atoms with van der Waals surface area (Å²) in [6, 6.07) is 3.21. The largest absolute Gasteiger partial charge is 0.478 e. The van der Waals surface area contributed by atoms with Crippen LogP contribution >= 0.6 is 0 Å². The van der Waals surface area contributed by atoms with E-state index in [1.807, 2.05) is 6.92 Å². The number of carbonyl (C=O) groups excluding carboxylic acids is 1. The van der Waals surface area contributed by atoms with Gasteiger partial charge in [0.25, 0.3) is 0 Å². The topological polar surface area (TPSA) is 92.4 Å². The summed E-state index contributed by atoms with van der Waals surface area (Å²) in [5.74, 6) is -2.23. The van der Waals surface area contributed by atoms with Gasteiger partial charge in [-0.3, -0.25) is 4.79 Å². The molecule has 1 aromatic carbocycles. The number of hydrogen-bond donors (Lipinski definition) is 3. The van der Waals surface area contributed by atoms with Crippen molar-refractivity contribution in [3.05, 3.63) is 29.6 Å². The third kappa shape index (κ3) is 4.33. The molecule has 0 fully saturated rings. The van der Waals surface area contributed by atoms with E-state index in [9.17, 15) is 14.0 Å². The van der Waals surface area contributed by atoms with Crippen LogP contribution in [0, 0.1) is 11.7 Å². The molecule has 0 aliphatic carbocycles. The Morgan fingerprint density at radius 3 is 2.68 bits per heavy atom. The first-order valence-corrected chi connectivity index (χ1v) is 6.00. The van der Waals surface area contributed by atoms with Crippen LogP contribution in [-0.2, 0) is 4.79 Å². The Balaban J connectivity index is 2.82. The molecule has 104 valence electrons. The Labute approximate surface area is 110 Å². The summed E-state index contributed by atoms with van der Waals surface area (Å²) in [6.45, 7) is 2.31. The smallest absolute Gasteiger partial charge is 0.337 e. The maximum Gasteiger partial charge on any atom is 0.337 e. The highest BCUT2D eigenvalue weighted by Crippen LogP contribution is 2.18. The van der Waals surface area contributed by atoms with Gasteiger partial charge in [-0.2, -0.15) is 0 Å². The lowest BCUT2D eigenvalue weighted by molar-refractivity contribution is -0.117. The van der Waals surface area contributed by atoms with Crippen molar-refractivity contribution < 1.29 is 19.1 Å². The molecule has 6 heteroatoms. The van der Waals surface area contributed by atoms with E-state index in [-0.39, 0.29) is 29.5 Å². The van der Waals surface area contributed by atoms with E-state index in [0.717, 1.165) is 18.6 Å². The Morgan fingerprint density at radius 1 is 1.47 bits per heavy atom. The second-order valence-corrected chi connectivity index (χ2v) is 4.26. The molecule has 1 aromatic rings. The van der Waals surface area contributed by atoms with E-state index in [1.54, 1.807) is 0 Å². The second kappa shape index (κ2) is 6.84. The standard InChI is InChI=1S/C13H17FN2O3/c1-2-8(7-15)5-12(17)16-11-4-3-9(14)6-10(11)13(18)19/h3-4,6,8H,2,5,7,15H2,1H3,(H,16,17)(H,18,19). The summed E-state index contributed by atoms with van der Waals surface area (Å²) < 4.78 is 13.0. The highest BCUT2D eigenvalue weighted by molar-refractivity contribution is 6.00. The number of nitrogens with one attached hydrogen (secondary N) is 1. The monoisotopic (exact) mass is 268 g/mol. The maximum atomic E-state index is 13.0. The molecule has 19 heavy (non-hydrogen) atoms. The second-order valence-electron chi connectivity index (χ2n) is 4.26. The average Bonchev–Trinajstić information content (AvgIpc) is 2.37. The van der Waals surface area contributed by atoms with Gasteiger partial charge in [-0.15, -0.1) is 0 Å². The van der Waals surface area contributed by atoms with E-state index in [4.69, 9.17) is 10.8 Å². The predicted molar refractivity (Wildman–Crippen MR) is 69.4 cm³/mol. The molecule has 0 saturated carbocycles. The zero-order chi connectivity index (χ0) is 14.4. The molecule has 4 N–H and O–H groups in total. The molecule has 0 heterocycles. The van der Waals surface area contributed by atoms with Crippen molar-refractivity contribution in [2.45, 2.75) is 19.8 Å². The van der Waals surface area contributed by atoms with Crippen LogP contribution in [0.25, 0.3) is 0 Å². The number of halogens is 1. The lowest BCUT2D eigenvalue weighted by Crippen LogP contribution is -2.22. The van der Waals surface area contributed by atoms with Crippen molar-refractivity contribution in [1.29, 1.82) is 0 Å². The number of anilines is 1. The highest BCUT2D eigenvalue weighted by atomic mass is 19.1. The predicted octanol–water partition coefficient (Wildman–Crippen LogP) is 1.84. The lowest BCUT2D eigenvalue weighted by Gasteiger charge is -2.13. The van der Waals surface area contributed by atoms with E-state index in [1.165, 1.54) is 6.07 Å². The Morgan fingerprint density at radius 2 is 2.16 bits per heavy atom. The normalized spacial score (nSPS) is 11.9. The summed E-state index contributed by atoms with van der Waals surface area (Å²) >= 11 is 0. The van der Waals surface area contributed by atoms with Crippen LogP contribution in [0.5, 0.6) is 0 Å². The van der Waals surface area contributed by atoms with Crippen LogP contribution in [0.3, 0.4) is 0 Å². The maximum absolute atomic E-state index is 13.0. The van der Waals surface area contributed by atoms with Crippen LogP contribution in [-0.4, -0.2) is 23.5 Å². The molecule has 5 nitrogen and oxygen atoms in total. The molecule has 0 aliphatic heterocycles. The van der Waals surface area contributed by atoms with Crippen LogP contribution in [0.2, 0.25) is 0 Å². The first-order valence-electron chi connectivity index (χ1n) is 6.00. The van der Waals surface area contributed by atoms with Crippen LogP contribution in [0.15, 0.2) is 18.2 Å². The minimum absolute atomic E-state index is 0.0497. The van der Waals surface area contributed by atoms with Gasteiger partial charge < -0.3 is 16.2 Å². The fourth-order valence-electron chi connectivity index (χ4n) is 1.66. The summed E-state index contributed by atoms with van der Waals surface area (Å²) in [4.78, 5) is 22.7. The van der Waals surface area contributed by atoms with E-state index >= 15 is 0 Å². The minimum Gasteiger partial charge on any atom is -0.478 e. The number of rotatable bonds is 6. The summed E-state index contributed by atoms with van der Waals surface area (Å²) in [5.41, 5.74) is 5.32. The van der Waals surface area contributed by atoms with E-state index in [2.05, 4.69) is 5.32 Å². The molecule has 0 saturated heterocycles. The van der Waals surface area contributed by atoms with Gasteiger partial charge in [0, 0.05) is 6.42 Å². The number of carboxylic acids is 1. The molecule has 0 bridgehead atoms. The Bertz CT molecular complexity index is 473. The van der Waals surface area contributed by atoms with Gasteiger partial charge in [-0.1, -0.05) is 13.3 Å². The first-order chi connectivity index (χ1) is 8.97. The van der Waals surface area contributed by atoms with Gasteiger partial charge in [-0.25, -0.2) is 9.18 Å². The molecular weight excluding hydrogens is 251 g/mol. The van der Waals surface area contributed by atoms with E-state index in [0.29, 0.717) is 6.54 Å². The number of carboxylic acid groups (broad SMARTS) is 1. The van der Waals surface area contributed by atoms with Crippen molar-refractivity contribution in [2.75, 3.05) is 11.9 Å². The molecule has 1 atom stereocenters. The molecule has 0 radical (unpaired) electrons. The number of aromatic carboxylic acids is 1. The summed E-state index contributed by atoms with van der Waals surface area (Å²) in [7, 11) is 0. The van der Waals surface area contributed by atoms with Crippen LogP contribution < -0.4 is 11.1 Å². The third-order valence-corrected chi connectivity index (χ3v) is 2.87. The zero-order valence-corrected chi connectivity index (χ0v) is 10.6. The SMILES string of the molecule is CCC(CN)CC(=O)Nc1ccc(F)cc1C(=O)O. The number of benzene rings is 1. The summed E-state index contributed by atoms with van der Waals surface area (Å²) in [6.07, 6.45) is 0.975. The summed E-state index contributed by atoms with van der Waals surface area (Å²) in [5, 5.41) is 11.4. The van der Waals surface area contributed by atoms with Crippen molar-refractivity contribution in [1.82, 2.24) is 0 Å². The molecule has 1 amide bonds. The van der Waals surface area contributed by atoms with Gasteiger partial charge in [0.1, 0.15) is 5.82 Å². The molecule has 1 unspecified atom stereocenters. The van der Waals surface area contributed by atoms with Gasteiger partial charge >= 0.3 is 5.97 Å². The van der Waals surface area contributed by atoms with Gasteiger partial charge in [0.05, 0.1) is 11.3 Å².